The first-order valence-corrected chi connectivity index (χ1v) is 7.30. The van der Waals surface area contributed by atoms with Gasteiger partial charge in [-0.25, -0.2) is 4.98 Å². The summed E-state index contributed by atoms with van der Waals surface area (Å²) in [5, 5.41) is 0. The molecular weight excluding hydrogens is 270 g/mol. The molecule has 3 rings (SSSR count). The van der Waals surface area contributed by atoms with Crippen LogP contribution in [0.5, 0.6) is 5.75 Å². The highest BCUT2D eigenvalue weighted by Gasteiger charge is 2.18. The number of methoxy groups -OCH3 is 1. The van der Waals surface area contributed by atoms with Crippen LogP contribution < -0.4 is 10.5 Å². The molecule has 1 aromatic carbocycles. The average Bonchev–Trinajstić information content (AvgIpc) is 3.00. The highest BCUT2D eigenvalue weighted by molar-refractivity contribution is 7.12. The number of anilines is 1. The summed E-state index contributed by atoms with van der Waals surface area (Å²) >= 11 is 1.79. The molecule has 0 fully saturated rings. The zero-order chi connectivity index (χ0) is 14.3. The molecule has 0 aliphatic carbocycles. The lowest BCUT2D eigenvalue weighted by molar-refractivity contribution is 0.419. The van der Waals surface area contributed by atoms with Gasteiger partial charge in [0, 0.05) is 9.75 Å². The maximum absolute atomic E-state index is 6.12. The van der Waals surface area contributed by atoms with E-state index in [0.29, 0.717) is 5.95 Å². The van der Waals surface area contributed by atoms with E-state index in [0.717, 1.165) is 16.8 Å². The number of aryl methyl sites for hydroxylation is 1. The van der Waals surface area contributed by atoms with Gasteiger partial charge in [-0.3, -0.25) is 0 Å². The SMILES string of the molecule is COc1cccc2c1nc(N)n2C(C)c1ccc(C)s1. The summed E-state index contributed by atoms with van der Waals surface area (Å²) in [6.07, 6.45) is 0. The van der Waals surface area contributed by atoms with Gasteiger partial charge in [-0.1, -0.05) is 6.07 Å². The molecule has 0 amide bonds. The van der Waals surface area contributed by atoms with Gasteiger partial charge in [0.15, 0.2) is 0 Å². The Morgan fingerprint density at radius 3 is 2.75 bits per heavy atom. The third-order valence-corrected chi connectivity index (χ3v) is 4.66. The highest BCUT2D eigenvalue weighted by atomic mass is 32.1. The van der Waals surface area contributed by atoms with Crippen LogP contribution in [0.1, 0.15) is 22.7 Å². The van der Waals surface area contributed by atoms with E-state index in [1.807, 2.05) is 18.2 Å². The fraction of sp³-hybridized carbons (Fsp3) is 0.267. The lowest BCUT2D eigenvalue weighted by atomic mass is 10.2. The highest BCUT2D eigenvalue weighted by Crippen LogP contribution is 2.33. The van der Waals surface area contributed by atoms with Crippen LogP contribution in [0.4, 0.5) is 5.95 Å². The molecule has 1 unspecified atom stereocenters. The zero-order valence-electron chi connectivity index (χ0n) is 11.8. The van der Waals surface area contributed by atoms with E-state index in [4.69, 9.17) is 10.5 Å². The van der Waals surface area contributed by atoms with Crippen molar-refractivity contribution in [3.8, 4) is 5.75 Å². The third-order valence-electron chi connectivity index (χ3n) is 3.49. The van der Waals surface area contributed by atoms with Crippen LogP contribution in [0.2, 0.25) is 0 Å². The average molecular weight is 287 g/mol. The van der Waals surface area contributed by atoms with Crippen molar-refractivity contribution in [2.24, 2.45) is 0 Å². The second-order valence-electron chi connectivity index (χ2n) is 4.79. The van der Waals surface area contributed by atoms with Crippen molar-refractivity contribution in [3.63, 3.8) is 0 Å². The number of imidazole rings is 1. The molecule has 3 aromatic rings. The molecule has 2 aromatic heterocycles. The molecule has 20 heavy (non-hydrogen) atoms. The van der Waals surface area contributed by atoms with Crippen LogP contribution in [0.3, 0.4) is 0 Å². The Morgan fingerprint density at radius 1 is 1.30 bits per heavy atom. The number of nitrogens with zero attached hydrogens (tertiary/aromatic N) is 2. The molecule has 0 spiro atoms. The molecule has 1 atom stereocenters. The Bertz CT molecular complexity index is 760. The Hall–Kier alpha value is -2.01. The summed E-state index contributed by atoms with van der Waals surface area (Å²) in [5.74, 6) is 1.27. The number of hydrogen-bond acceptors (Lipinski definition) is 4. The monoisotopic (exact) mass is 287 g/mol. The van der Waals surface area contributed by atoms with Crippen LogP contribution in [0, 0.1) is 6.92 Å². The molecular formula is C15H17N3OS. The van der Waals surface area contributed by atoms with Crippen molar-refractivity contribution < 1.29 is 4.74 Å². The van der Waals surface area contributed by atoms with Crippen molar-refractivity contribution in [1.29, 1.82) is 0 Å². The predicted molar refractivity (Wildman–Crippen MR) is 83.6 cm³/mol. The molecule has 0 radical (unpaired) electrons. The maximum atomic E-state index is 6.12. The summed E-state index contributed by atoms with van der Waals surface area (Å²) in [4.78, 5) is 7.03. The molecule has 104 valence electrons. The third kappa shape index (κ3) is 1.94. The van der Waals surface area contributed by atoms with Gasteiger partial charge in [0.05, 0.1) is 18.7 Å². The fourth-order valence-electron chi connectivity index (χ4n) is 2.49. The summed E-state index contributed by atoms with van der Waals surface area (Å²) in [5.41, 5.74) is 7.94. The minimum absolute atomic E-state index is 0.158. The fourth-order valence-corrected chi connectivity index (χ4v) is 3.41. The van der Waals surface area contributed by atoms with Gasteiger partial charge in [-0.15, -0.1) is 11.3 Å². The number of thiophene rings is 1. The van der Waals surface area contributed by atoms with E-state index in [2.05, 4.69) is 35.5 Å². The summed E-state index contributed by atoms with van der Waals surface area (Å²) in [6.45, 7) is 4.25. The second kappa shape index (κ2) is 4.83. The molecule has 0 saturated carbocycles. The van der Waals surface area contributed by atoms with Crippen LogP contribution in [0.25, 0.3) is 11.0 Å². The van der Waals surface area contributed by atoms with Gasteiger partial charge in [0.2, 0.25) is 5.95 Å². The van der Waals surface area contributed by atoms with Gasteiger partial charge < -0.3 is 15.0 Å². The summed E-state index contributed by atoms with van der Waals surface area (Å²) in [7, 11) is 1.65. The second-order valence-corrected chi connectivity index (χ2v) is 6.11. The Balaban J connectivity index is 2.18. The number of para-hydroxylation sites is 1. The first-order valence-electron chi connectivity index (χ1n) is 6.48. The Morgan fingerprint density at radius 2 is 2.10 bits per heavy atom. The van der Waals surface area contributed by atoms with E-state index in [1.54, 1.807) is 18.4 Å². The van der Waals surface area contributed by atoms with Crippen molar-refractivity contribution in [2.45, 2.75) is 19.9 Å². The first-order chi connectivity index (χ1) is 9.61. The number of aromatic nitrogens is 2. The van der Waals surface area contributed by atoms with E-state index in [1.165, 1.54) is 9.75 Å². The zero-order valence-corrected chi connectivity index (χ0v) is 12.6. The number of ether oxygens (including phenoxy) is 1. The van der Waals surface area contributed by atoms with E-state index >= 15 is 0 Å². The van der Waals surface area contributed by atoms with Gasteiger partial charge in [0.25, 0.3) is 0 Å². The van der Waals surface area contributed by atoms with Gasteiger partial charge >= 0.3 is 0 Å². The maximum Gasteiger partial charge on any atom is 0.201 e. The molecule has 4 nitrogen and oxygen atoms in total. The van der Waals surface area contributed by atoms with Crippen molar-refractivity contribution in [2.75, 3.05) is 12.8 Å². The van der Waals surface area contributed by atoms with Crippen molar-refractivity contribution in [3.05, 3.63) is 40.1 Å². The lowest BCUT2D eigenvalue weighted by Gasteiger charge is -2.14. The number of hydrogen-bond donors (Lipinski definition) is 1. The van der Waals surface area contributed by atoms with Gasteiger partial charge in [-0.05, 0) is 38.1 Å². The summed E-state index contributed by atoms with van der Waals surface area (Å²) in [6, 6.07) is 10.3. The minimum atomic E-state index is 0.158. The largest absolute Gasteiger partial charge is 0.494 e. The van der Waals surface area contributed by atoms with Crippen molar-refractivity contribution >= 4 is 28.3 Å². The minimum Gasteiger partial charge on any atom is -0.494 e. The number of nitrogens with two attached hydrogens (primary N) is 1. The molecule has 0 aliphatic heterocycles. The molecule has 2 heterocycles. The number of benzene rings is 1. The predicted octanol–water partition coefficient (Wildman–Crippen LogP) is 3.61. The molecule has 0 saturated heterocycles. The van der Waals surface area contributed by atoms with Crippen molar-refractivity contribution in [1.82, 2.24) is 9.55 Å². The van der Waals surface area contributed by atoms with Gasteiger partial charge in [0.1, 0.15) is 11.3 Å². The van der Waals surface area contributed by atoms with Crippen LogP contribution >= 0.6 is 11.3 Å². The number of nitrogen functional groups attached to an aromatic ring is 1. The Kier molecular flexibility index (Phi) is 3.14. The number of fused-ring (bicyclic) bond motifs is 1. The van der Waals surface area contributed by atoms with E-state index in [-0.39, 0.29) is 6.04 Å². The molecule has 2 N–H and O–H groups in total. The topological polar surface area (TPSA) is 53.1 Å². The molecule has 0 aliphatic rings. The molecule has 5 heteroatoms. The van der Waals surface area contributed by atoms with Crippen LogP contribution in [0.15, 0.2) is 30.3 Å². The smallest absolute Gasteiger partial charge is 0.201 e. The normalized spacial score (nSPS) is 12.8. The first kappa shape index (κ1) is 13.0. The van der Waals surface area contributed by atoms with Crippen LogP contribution in [-0.4, -0.2) is 16.7 Å². The lowest BCUT2D eigenvalue weighted by Crippen LogP contribution is -2.08. The Labute approximate surface area is 121 Å². The van der Waals surface area contributed by atoms with Crippen LogP contribution in [-0.2, 0) is 0 Å². The molecule has 0 bridgehead atoms. The number of rotatable bonds is 3. The quantitative estimate of drug-likeness (QED) is 0.800. The van der Waals surface area contributed by atoms with E-state index in [9.17, 15) is 0 Å². The standard InChI is InChI=1S/C15H17N3OS/c1-9-7-8-13(20-9)10(2)18-11-5-4-6-12(19-3)14(11)17-15(18)16/h4-8,10H,1-3H3,(H2,16,17). The van der Waals surface area contributed by atoms with Gasteiger partial charge in [-0.2, -0.15) is 0 Å². The van der Waals surface area contributed by atoms with E-state index < -0.39 is 0 Å². The summed E-state index contributed by atoms with van der Waals surface area (Å²) < 4.78 is 7.42.